The predicted octanol–water partition coefficient (Wildman–Crippen LogP) is 6.27. The Labute approximate surface area is 242 Å². The van der Waals surface area contributed by atoms with Crippen molar-refractivity contribution in [3.8, 4) is 5.75 Å². The lowest BCUT2D eigenvalue weighted by Gasteiger charge is -2.35. The fourth-order valence-electron chi connectivity index (χ4n) is 5.76. The van der Waals surface area contributed by atoms with E-state index in [2.05, 4.69) is 22.3 Å². The molecule has 1 unspecified atom stereocenters. The van der Waals surface area contributed by atoms with Crippen molar-refractivity contribution in [2.75, 3.05) is 6.61 Å². The van der Waals surface area contributed by atoms with E-state index < -0.39 is 6.04 Å². The third kappa shape index (κ3) is 6.96. The first-order chi connectivity index (χ1) is 19.9. The van der Waals surface area contributed by atoms with E-state index in [1.165, 1.54) is 6.42 Å². The molecule has 4 aromatic rings. The smallest absolute Gasteiger partial charge is 0.258 e. The summed E-state index contributed by atoms with van der Waals surface area (Å²) in [6.45, 7) is 6.52. The summed E-state index contributed by atoms with van der Waals surface area (Å²) in [4.78, 5) is 33.9. The summed E-state index contributed by atoms with van der Waals surface area (Å²) in [7, 11) is 0. The fraction of sp³-hybridized carbons (Fsp3) is 0.382. The van der Waals surface area contributed by atoms with E-state index in [-0.39, 0.29) is 31.0 Å². The van der Waals surface area contributed by atoms with Crippen molar-refractivity contribution in [1.29, 1.82) is 0 Å². The summed E-state index contributed by atoms with van der Waals surface area (Å²) in [5.41, 5.74) is 4.87. The van der Waals surface area contributed by atoms with E-state index in [4.69, 9.17) is 9.72 Å². The number of nitrogens with zero attached hydrogens (tertiary/aromatic N) is 3. The minimum absolute atomic E-state index is 0.0712. The number of hydrogen-bond donors (Lipinski definition) is 1. The molecule has 1 heterocycles. The van der Waals surface area contributed by atoms with Crippen molar-refractivity contribution in [3.63, 3.8) is 0 Å². The van der Waals surface area contributed by atoms with Crippen LogP contribution < -0.4 is 10.1 Å². The molecule has 1 saturated carbocycles. The molecular weight excluding hydrogens is 512 g/mol. The highest BCUT2D eigenvalue weighted by Gasteiger charge is 2.28. The van der Waals surface area contributed by atoms with Crippen molar-refractivity contribution in [1.82, 2.24) is 19.8 Å². The molecule has 7 heteroatoms. The molecule has 1 aliphatic carbocycles. The van der Waals surface area contributed by atoms with Crippen LogP contribution in [-0.4, -0.2) is 38.9 Å². The van der Waals surface area contributed by atoms with Gasteiger partial charge in [0.1, 0.15) is 18.1 Å². The number of fused-ring (bicyclic) bond motifs is 1. The van der Waals surface area contributed by atoms with Gasteiger partial charge in [0, 0.05) is 12.6 Å². The number of carbonyl (C=O) groups is 2. The Kier molecular flexibility index (Phi) is 9.02. The predicted molar refractivity (Wildman–Crippen MR) is 162 cm³/mol. The molecule has 0 aliphatic heterocycles. The van der Waals surface area contributed by atoms with Crippen molar-refractivity contribution in [2.24, 2.45) is 0 Å². The van der Waals surface area contributed by atoms with Gasteiger partial charge in [-0.2, -0.15) is 0 Å². The van der Waals surface area contributed by atoms with E-state index in [1.807, 2.05) is 86.0 Å². The molecule has 3 aromatic carbocycles. The lowest BCUT2D eigenvalue weighted by molar-refractivity contribution is -0.135. The minimum Gasteiger partial charge on any atom is -0.483 e. The zero-order valence-corrected chi connectivity index (χ0v) is 24.3. The Balaban J connectivity index is 1.35. The number of aromatic nitrogens is 2. The van der Waals surface area contributed by atoms with Crippen LogP contribution in [0.5, 0.6) is 5.75 Å². The first-order valence-corrected chi connectivity index (χ1v) is 14.7. The van der Waals surface area contributed by atoms with E-state index >= 15 is 0 Å². The van der Waals surface area contributed by atoms with Gasteiger partial charge in [-0.05, 0) is 68.5 Å². The molecule has 0 bridgehead atoms. The highest BCUT2D eigenvalue weighted by atomic mass is 16.5. The van der Waals surface area contributed by atoms with Gasteiger partial charge in [0.15, 0.2) is 6.61 Å². The zero-order valence-electron chi connectivity index (χ0n) is 24.3. The summed E-state index contributed by atoms with van der Waals surface area (Å²) in [6, 6.07) is 23.8. The number of benzene rings is 3. The quantitative estimate of drug-likeness (QED) is 0.252. The number of hydrogen-bond acceptors (Lipinski definition) is 4. The fourth-order valence-corrected chi connectivity index (χ4v) is 5.76. The van der Waals surface area contributed by atoms with Crippen LogP contribution in [0.2, 0.25) is 0 Å². The third-order valence-electron chi connectivity index (χ3n) is 7.98. The standard InChI is InChI=1S/C34H40N4O3/c1-24-18-19-25(2)31(20-24)41-23-32(39)35-26(3)34-36-29-16-10-11-17-30(29)38(34)22-33(40)37(28-14-8-5-9-15-28)21-27-12-6-4-7-13-27/h4,6-7,10-13,16-20,26,28H,5,8-9,14-15,21-23H2,1-3H3,(H,35,39). The topological polar surface area (TPSA) is 76.5 Å². The zero-order chi connectivity index (χ0) is 28.8. The average Bonchev–Trinajstić information content (AvgIpc) is 3.35. The van der Waals surface area contributed by atoms with Crippen molar-refractivity contribution >= 4 is 22.8 Å². The minimum atomic E-state index is -0.415. The summed E-state index contributed by atoms with van der Waals surface area (Å²) in [5.74, 6) is 1.19. The highest BCUT2D eigenvalue weighted by Crippen LogP contribution is 2.27. The van der Waals surface area contributed by atoms with Gasteiger partial charge in [-0.15, -0.1) is 0 Å². The molecule has 5 rings (SSSR count). The lowest BCUT2D eigenvalue weighted by atomic mass is 9.93. The Morgan fingerprint density at radius 1 is 1.00 bits per heavy atom. The summed E-state index contributed by atoms with van der Waals surface area (Å²) in [6.07, 6.45) is 5.59. The van der Waals surface area contributed by atoms with Crippen molar-refractivity contribution < 1.29 is 14.3 Å². The Morgan fingerprint density at radius 3 is 2.51 bits per heavy atom. The van der Waals surface area contributed by atoms with Crippen LogP contribution in [0.3, 0.4) is 0 Å². The first kappa shape index (κ1) is 28.4. The molecule has 0 spiro atoms. The molecule has 214 valence electrons. The second-order valence-corrected chi connectivity index (χ2v) is 11.2. The molecule has 7 nitrogen and oxygen atoms in total. The average molecular weight is 553 g/mol. The maximum Gasteiger partial charge on any atom is 0.258 e. The van der Waals surface area contributed by atoms with Gasteiger partial charge in [0.2, 0.25) is 5.91 Å². The number of imidazole rings is 1. The van der Waals surface area contributed by atoms with Crippen molar-refractivity contribution in [3.05, 3.63) is 95.3 Å². The summed E-state index contributed by atoms with van der Waals surface area (Å²) < 4.78 is 7.79. The molecule has 1 aliphatic rings. The van der Waals surface area contributed by atoms with Gasteiger partial charge in [0.25, 0.3) is 5.91 Å². The SMILES string of the molecule is Cc1ccc(C)c(OCC(=O)NC(C)c2nc3ccccc3n2CC(=O)N(Cc2ccccc2)C2CCCCC2)c1. The highest BCUT2D eigenvalue weighted by molar-refractivity contribution is 5.82. The van der Waals surface area contributed by atoms with Crippen LogP contribution in [0, 0.1) is 13.8 Å². The van der Waals surface area contributed by atoms with Crippen LogP contribution in [0.4, 0.5) is 0 Å². The second-order valence-electron chi connectivity index (χ2n) is 11.2. The summed E-state index contributed by atoms with van der Waals surface area (Å²) in [5, 5.41) is 3.04. The van der Waals surface area contributed by atoms with Gasteiger partial charge in [0.05, 0.1) is 17.1 Å². The molecule has 1 fully saturated rings. The van der Waals surface area contributed by atoms with Crippen LogP contribution in [0.25, 0.3) is 11.0 Å². The van der Waals surface area contributed by atoms with Gasteiger partial charge >= 0.3 is 0 Å². The number of ether oxygens (including phenoxy) is 1. The molecule has 0 saturated heterocycles. The van der Waals surface area contributed by atoms with E-state index in [1.54, 1.807) is 0 Å². The number of carbonyl (C=O) groups excluding carboxylic acids is 2. The van der Waals surface area contributed by atoms with Crippen LogP contribution in [0.15, 0.2) is 72.8 Å². The van der Waals surface area contributed by atoms with E-state index in [0.29, 0.717) is 18.1 Å². The second kappa shape index (κ2) is 13.0. The number of aryl methyl sites for hydroxylation is 2. The number of rotatable bonds is 10. The number of nitrogens with one attached hydrogen (secondary N) is 1. The normalized spacial score (nSPS) is 14.5. The molecule has 0 radical (unpaired) electrons. The largest absolute Gasteiger partial charge is 0.483 e. The first-order valence-electron chi connectivity index (χ1n) is 14.7. The Hall–Kier alpha value is -4.13. The van der Waals surface area contributed by atoms with Crippen molar-refractivity contribution in [2.45, 2.75) is 78.0 Å². The molecule has 41 heavy (non-hydrogen) atoms. The molecule has 1 atom stereocenters. The maximum absolute atomic E-state index is 14.0. The van der Waals surface area contributed by atoms with Crippen LogP contribution in [-0.2, 0) is 22.7 Å². The molecule has 2 amide bonds. The lowest BCUT2D eigenvalue weighted by Crippen LogP contribution is -2.43. The van der Waals surface area contributed by atoms with Gasteiger partial charge < -0.3 is 19.5 Å². The summed E-state index contributed by atoms with van der Waals surface area (Å²) >= 11 is 0. The van der Waals surface area contributed by atoms with Crippen LogP contribution in [0.1, 0.15) is 67.6 Å². The van der Waals surface area contributed by atoms with E-state index in [0.717, 1.165) is 53.4 Å². The third-order valence-corrected chi connectivity index (χ3v) is 7.98. The molecule has 1 aromatic heterocycles. The maximum atomic E-state index is 14.0. The van der Waals surface area contributed by atoms with E-state index in [9.17, 15) is 9.59 Å². The van der Waals surface area contributed by atoms with Gasteiger partial charge in [-0.25, -0.2) is 4.98 Å². The Bertz CT molecular complexity index is 1490. The Morgan fingerprint density at radius 2 is 1.73 bits per heavy atom. The van der Waals surface area contributed by atoms with Gasteiger partial charge in [-0.1, -0.05) is 73.9 Å². The number of para-hydroxylation sites is 2. The van der Waals surface area contributed by atoms with Crippen LogP contribution >= 0.6 is 0 Å². The monoisotopic (exact) mass is 552 g/mol. The van der Waals surface area contributed by atoms with Gasteiger partial charge in [-0.3, -0.25) is 9.59 Å². The molecule has 1 N–H and O–H groups in total. The number of amides is 2. The molecular formula is C34H40N4O3.